The van der Waals surface area contributed by atoms with E-state index in [1.807, 2.05) is 6.92 Å². The summed E-state index contributed by atoms with van der Waals surface area (Å²) in [5, 5.41) is 18.2. The summed E-state index contributed by atoms with van der Waals surface area (Å²) in [6.45, 7) is 3.12. The molecule has 2 aromatic rings. The average Bonchev–Trinajstić information content (AvgIpc) is 3.09. The Kier molecular flexibility index (Phi) is 4.86. The van der Waals surface area contributed by atoms with Gasteiger partial charge in [-0.1, -0.05) is 0 Å². The lowest BCUT2D eigenvalue weighted by Crippen LogP contribution is -2.34. The van der Waals surface area contributed by atoms with Gasteiger partial charge in [0.05, 0.1) is 10.4 Å². The molecule has 2 atom stereocenters. The van der Waals surface area contributed by atoms with Crippen molar-refractivity contribution in [3.8, 4) is 0 Å². The summed E-state index contributed by atoms with van der Waals surface area (Å²) in [5.74, 6) is 0.0775. The highest BCUT2D eigenvalue weighted by Crippen LogP contribution is 2.27. The van der Waals surface area contributed by atoms with Crippen LogP contribution in [0.25, 0.3) is 10.9 Å². The number of non-ortho nitro benzene ring substituents is 1. The predicted octanol–water partition coefficient (Wildman–Crippen LogP) is 1.70. The molecule has 1 aliphatic heterocycles. The number of nitrogens with zero attached hydrogens (tertiary/aromatic N) is 3. The van der Waals surface area contributed by atoms with Gasteiger partial charge in [-0.3, -0.25) is 20.0 Å². The molecule has 0 spiro atoms. The van der Waals surface area contributed by atoms with Crippen LogP contribution >= 0.6 is 12.4 Å². The summed E-state index contributed by atoms with van der Waals surface area (Å²) in [6, 6.07) is 4.42. The number of aromatic amines is 1. The first-order chi connectivity index (χ1) is 10.5. The lowest BCUT2D eigenvalue weighted by atomic mass is 10.1. The summed E-state index contributed by atoms with van der Waals surface area (Å²) in [7, 11) is 0. The second-order valence-electron chi connectivity index (χ2n) is 5.70. The minimum absolute atomic E-state index is 0. The number of amides is 1. The van der Waals surface area contributed by atoms with E-state index in [0.29, 0.717) is 29.9 Å². The molecule has 1 amide bonds. The molecule has 8 nitrogen and oxygen atoms in total. The quantitative estimate of drug-likeness (QED) is 0.651. The van der Waals surface area contributed by atoms with Gasteiger partial charge < -0.3 is 10.6 Å². The number of rotatable bonds is 3. The van der Waals surface area contributed by atoms with Crippen LogP contribution in [0, 0.1) is 16.0 Å². The fourth-order valence-corrected chi connectivity index (χ4v) is 3.01. The van der Waals surface area contributed by atoms with E-state index in [-0.39, 0.29) is 35.7 Å². The summed E-state index contributed by atoms with van der Waals surface area (Å²) in [4.78, 5) is 24.9. The van der Waals surface area contributed by atoms with Crippen LogP contribution in [-0.2, 0) is 0 Å². The van der Waals surface area contributed by atoms with Gasteiger partial charge in [0.25, 0.3) is 11.6 Å². The van der Waals surface area contributed by atoms with Crippen LogP contribution < -0.4 is 5.73 Å². The van der Waals surface area contributed by atoms with E-state index < -0.39 is 4.92 Å². The van der Waals surface area contributed by atoms with Crippen molar-refractivity contribution in [2.75, 3.05) is 13.1 Å². The van der Waals surface area contributed by atoms with Crippen molar-refractivity contribution in [2.24, 2.45) is 11.7 Å². The molecule has 1 aromatic heterocycles. The Balaban J connectivity index is 0.00000192. The highest BCUT2D eigenvalue weighted by atomic mass is 35.5. The van der Waals surface area contributed by atoms with Crippen LogP contribution in [0.4, 0.5) is 5.69 Å². The number of carbonyl (C=O) groups is 1. The second-order valence-corrected chi connectivity index (χ2v) is 5.70. The number of fused-ring (bicyclic) bond motifs is 1. The number of aromatic nitrogens is 2. The molecule has 1 fully saturated rings. The van der Waals surface area contributed by atoms with Crippen LogP contribution in [0.5, 0.6) is 0 Å². The van der Waals surface area contributed by atoms with Gasteiger partial charge in [-0.05, 0) is 31.9 Å². The Bertz CT molecular complexity index is 747. The van der Waals surface area contributed by atoms with Crippen molar-refractivity contribution < 1.29 is 9.72 Å². The Hall–Kier alpha value is -2.19. The molecule has 0 radical (unpaired) electrons. The Morgan fingerprint density at radius 1 is 1.57 bits per heavy atom. The first-order valence-corrected chi connectivity index (χ1v) is 7.14. The van der Waals surface area contributed by atoms with Crippen molar-refractivity contribution in [3.63, 3.8) is 0 Å². The van der Waals surface area contributed by atoms with E-state index >= 15 is 0 Å². The van der Waals surface area contributed by atoms with Crippen molar-refractivity contribution in [3.05, 3.63) is 34.0 Å². The number of nitrogens with one attached hydrogen (secondary N) is 1. The van der Waals surface area contributed by atoms with Gasteiger partial charge in [0, 0.05) is 30.1 Å². The van der Waals surface area contributed by atoms with E-state index in [1.54, 1.807) is 11.0 Å². The first-order valence-electron chi connectivity index (χ1n) is 7.14. The maximum atomic E-state index is 12.7. The molecule has 2 unspecified atom stereocenters. The van der Waals surface area contributed by atoms with Crippen molar-refractivity contribution in [1.82, 2.24) is 15.1 Å². The summed E-state index contributed by atoms with van der Waals surface area (Å²) < 4.78 is 0. The van der Waals surface area contributed by atoms with Crippen LogP contribution in [0.15, 0.2) is 18.2 Å². The third-order valence-corrected chi connectivity index (χ3v) is 4.22. The molecular formula is C14H18ClN5O3. The molecule has 1 aromatic carbocycles. The lowest BCUT2D eigenvalue weighted by molar-refractivity contribution is -0.384. The molecule has 3 rings (SSSR count). The standard InChI is InChI=1S/C14H17N5O3.ClH/c1-8-4-9(6-15)7-18(8)14(20)13-11-5-10(19(21)22)2-3-12(11)16-17-13;/h2-3,5,8-9H,4,6-7,15H2,1H3,(H,16,17);1H. The average molecular weight is 340 g/mol. The molecule has 1 saturated heterocycles. The Morgan fingerprint density at radius 2 is 2.30 bits per heavy atom. The third kappa shape index (κ3) is 2.99. The molecule has 23 heavy (non-hydrogen) atoms. The fourth-order valence-electron chi connectivity index (χ4n) is 3.01. The van der Waals surface area contributed by atoms with E-state index in [2.05, 4.69) is 10.2 Å². The summed E-state index contributed by atoms with van der Waals surface area (Å²) in [6.07, 6.45) is 0.866. The highest BCUT2D eigenvalue weighted by Gasteiger charge is 2.34. The van der Waals surface area contributed by atoms with Gasteiger partial charge >= 0.3 is 0 Å². The van der Waals surface area contributed by atoms with E-state index in [9.17, 15) is 14.9 Å². The zero-order chi connectivity index (χ0) is 15.9. The summed E-state index contributed by atoms with van der Waals surface area (Å²) in [5.41, 5.74) is 6.46. The Morgan fingerprint density at radius 3 is 2.91 bits per heavy atom. The van der Waals surface area contributed by atoms with Gasteiger partial charge in [0.1, 0.15) is 0 Å². The molecule has 3 N–H and O–H groups in total. The monoisotopic (exact) mass is 339 g/mol. The molecule has 9 heteroatoms. The first kappa shape index (κ1) is 17.2. The van der Waals surface area contributed by atoms with Gasteiger partial charge in [0.2, 0.25) is 0 Å². The zero-order valence-electron chi connectivity index (χ0n) is 12.6. The van der Waals surface area contributed by atoms with Gasteiger partial charge in [-0.25, -0.2) is 0 Å². The van der Waals surface area contributed by atoms with Crippen LogP contribution in [0.3, 0.4) is 0 Å². The predicted molar refractivity (Wildman–Crippen MR) is 87.7 cm³/mol. The SMILES string of the molecule is CC1CC(CN)CN1C(=O)c1n[nH]c2ccc([N+](=O)[O-])cc12.Cl. The number of nitro groups is 1. The topological polar surface area (TPSA) is 118 Å². The maximum Gasteiger partial charge on any atom is 0.275 e. The number of likely N-dealkylation sites (tertiary alicyclic amines) is 1. The largest absolute Gasteiger partial charge is 0.334 e. The zero-order valence-corrected chi connectivity index (χ0v) is 13.4. The number of halogens is 1. The lowest BCUT2D eigenvalue weighted by Gasteiger charge is -2.20. The smallest absolute Gasteiger partial charge is 0.275 e. The van der Waals surface area contributed by atoms with E-state index in [0.717, 1.165) is 6.42 Å². The number of nitrogens with two attached hydrogens (primary N) is 1. The number of hydrogen-bond acceptors (Lipinski definition) is 5. The van der Waals surface area contributed by atoms with E-state index in [1.165, 1.54) is 12.1 Å². The minimum atomic E-state index is -0.483. The van der Waals surface area contributed by atoms with Crippen LogP contribution in [0.2, 0.25) is 0 Å². The van der Waals surface area contributed by atoms with Crippen LogP contribution in [0.1, 0.15) is 23.8 Å². The van der Waals surface area contributed by atoms with Crippen molar-refractivity contribution in [2.45, 2.75) is 19.4 Å². The molecule has 0 saturated carbocycles. The Labute approximate surface area is 138 Å². The third-order valence-electron chi connectivity index (χ3n) is 4.22. The molecule has 1 aliphatic rings. The number of nitro benzene ring substituents is 1. The molecule has 0 bridgehead atoms. The number of carbonyl (C=O) groups excluding carboxylic acids is 1. The second kappa shape index (κ2) is 6.51. The van der Waals surface area contributed by atoms with Gasteiger partial charge in [-0.2, -0.15) is 5.10 Å². The van der Waals surface area contributed by atoms with Crippen molar-refractivity contribution in [1.29, 1.82) is 0 Å². The number of hydrogen-bond donors (Lipinski definition) is 2. The number of benzene rings is 1. The molecule has 0 aliphatic carbocycles. The fraction of sp³-hybridized carbons (Fsp3) is 0.429. The van der Waals surface area contributed by atoms with Crippen molar-refractivity contribution >= 4 is 34.9 Å². The normalized spacial score (nSPS) is 20.5. The van der Waals surface area contributed by atoms with Gasteiger partial charge in [0.15, 0.2) is 5.69 Å². The summed E-state index contributed by atoms with van der Waals surface area (Å²) >= 11 is 0. The molecular weight excluding hydrogens is 322 g/mol. The van der Waals surface area contributed by atoms with E-state index in [4.69, 9.17) is 5.73 Å². The van der Waals surface area contributed by atoms with Gasteiger partial charge in [-0.15, -0.1) is 12.4 Å². The molecule has 2 heterocycles. The van der Waals surface area contributed by atoms with Crippen LogP contribution in [-0.4, -0.2) is 45.1 Å². The number of H-pyrrole nitrogens is 1. The molecule has 124 valence electrons. The minimum Gasteiger partial charge on any atom is -0.334 e. The maximum absolute atomic E-state index is 12.7. The highest BCUT2D eigenvalue weighted by molar-refractivity contribution is 6.05.